The zero-order valence-electron chi connectivity index (χ0n) is 14.9. The maximum absolute atomic E-state index is 14.8. The molecule has 0 saturated carbocycles. The molecule has 2 aliphatic heterocycles. The Morgan fingerprint density at radius 2 is 2.14 bits per heavy atom. The number of hydrogen-bond donors (Lipinski definition) is 1. The summed E-state index contributed by atoms with van der Waals surface area (Å²) >= 11 is 4.86. The molecule has 0 aliphatic carbocycles. The van der Waals surface area contributed by atoms with Crippen LogP contribution >= 0.6 is 27.7 Å². The van der Waals surface area contributed by atoms with Crippen LogP contribution in [0, 0.1) is 11.7 Å². The third kappa shape index (κ3) is 3.43. The number of ether oxygens (including phenoxy) is 1. The van der Waals surface area contributed by atoms with Crippen molar-refractivity contribution in [1.29, 1.82) is 0 Å². The number of benzene rings is 2. The molecule has 2 aromatic carbocycles. The van der Waals surface area contributed by atoms with Gasteiger partial charge in [-0.2, -0.15) is 0 Å². The number of nitrogens with one attached hydrogen (secondary N) is 1. The Bertz CT molecular complexity index is 953. The van der Waals surface area contributed by atoms with Crippen LogP contribution in [-0.4, -0.2) is 29.5 Å². The lowest BCUT2D eigenvalue weighted by molar-refractivity contribution is 0.0977. The van der Waals surface area contributed by atoms with E-state index in [1.54, 1.807) is 42.5 Å². The number of amides is 1. The molecule has 1 amide bonds. The molecule has 1 N–H and O–H groups in total. The average molecular weight is 461 g/mol. The van der Waals surface area contributed by atoms with Gasteiger partial charge in [-0.1, -0.05) is 52.0 Å². The first-order chi connectivity index (χ1) is 13.5. The third-order valence-electron chi connectivity index (χ3n) is 5.09. The number of hydrogen-bond acceptors (Lipinski definition) is 4. The Labute approximate surface area is 175 Å². The summed E-state index contributed by atoms with van der Waals surface area (Å²) in [6, 6.07) is 13.8. The molecule has 144 valence electrons. The lowest BCUT2D eigenvalue weighted by Crippen LogP contribution is -2.44. The average Bonchev–Trinajstić information content (AvgIpc) is 3.09. The van der Waals surface area contributed by atoms with E-state index < -0.39 is 5.54 Å². The van der Waals surface area contributed by atoms with Crippen molar-refractivity contribution < 1.29 is 13.9 Å². The number of carbonyl (C=O) groups is 1. The number of halogens is 2. The Morgan fingerprint density at radius 3 is 2.89 bits per heavy atom. The number of rotatable bonds is 3. The highest BCUT2D eigenvalue weighted by molar-refractivity contribution is 9.10. The molecule has 0 unspecified atom stereocenters. The van der Waals surface area contributed by atoms with Crippen molar-refractivity contribution in [2.24, 2.45) is 10.9 Å². The molecular formula is C21H18BrFN2O2S. The Kier molecular flexibility index (Phi) is 5.40. The smallest absolute Gasteiger partial charge is 0.257 e. The van der Waals surface area contributed by atoms with Crippen LogP contribution < -0.4 is 5.32 Å². The van der Waals surface area contributed by atoms with Crippen LogP contribution in [0.1, 0.15) is 15.9 Å². The van der Waals surface area contributed by atoms with E-state index in [-0.39, 0.29) is 30.4 Å². The van der Waals surface area contributed by atoms with Crippen LogP contribution in [0.25, 0.3) is 0 Å². The minimum Gasteiger partial charge on any atom is -0.371 e. The van der Waals surface area contributed by atoms with E-state index in [1.165, 1.54) is 17.8 Å². The van der Waals surface area contributed by atoms with Crippen molar-refractivity contribution in [2.45, 2.75) is 11.6 Å². The van der Waals surface area contributed by atoms with Gasteiger partial charge in [0.05, 0.1) is 12.7 Å². The van der Waals surface area contributed by atoms with Gasteiger partial charge < -0.3 is 10.1 Å². The summed E-state index contributed by atoms with van der Waals surface area (Å²) in [6.07, 6.45) is 1.52. The molecule has 7 heteroatoms. The van der Waals surface area contributed by atoms with Crippen molar-refractivity contribution in [2.75, 3.05) is 12.4 Å². The van der Waals surface area contributed by atoms with E-state index >= 15 is 0 Å². The van der Waals surface area contributed by atoms with Crippen molar-refractivity contribution >= 4 is 38.8 Å². The molecule has 0 bridgehead atoms. The van der Waals surface area contributed by atoms with Crippen molar-refractivity contribution in [3.05, 3.63) is 82.6 Å². The number of aliphatic imine (C=N–C) groups is 1. The first-order valence-electron chi connectivity index (χ1n) is 8.82. The van der Waals surface area contributed by atoms with Crippen molar-refractivity contribution in [1.82, 2.24) is 5.32 Å². The number of amidine groups is 1. The van der Waals surface area contributed by atoms with Crippen LogP contribution in [0.2, 0.25) is 0 Å². The van der Waals surface area contributed by atoms with Gasteiger partial charge in [0.25, 0.3) is 5.91 Å². The molecule has 4 rings (SSSR count). The minimum atomic E-state index is -0.905. The topological polar surface area (TPSA) is 50.7 Å². The number of nitrogens with zero attached hydrogens (tertiary/aromatic N) is 1. The van der Waals surface area contributed by atoms with E-state index in [4.69, 9.17) is 9.73 Å². The van der Waals surface area contributed by atoms with E-state index in [2.05, 4.69) is 27.8 Å². The molecule has 2 aromatic rings. The molecule has 0 radical (unpaired) electrons. The van der Waals surface area contributed by atoms with E-state index in [9.17, 15) is 9.18 Å². The fourth-order valence-electron chi connectivity index (χ4n) is 3.67. The second-order valence-electron chi connectivity index (χ2n) is 6.71. The summed E-state index contributed by atoms with van der Waals surface area (Å²) in [6.45, 7) is 4.08. The van der Waals surface area contributed by atoms with Gasteiger partial charge in [-0.05, 0) is 30.3 Å². The SMILES string of the molecule is C=C[C@@H]1OC[C@]2(c3cc(Br)ccc3F)N=C(NC(=O)c3ccccc3)SC[C@H]12. The lowest BCUT2D eigenvalue weighted by Gasteiger charge is -2.36. The second kappa shape index (κ2) is 7.81. The molecule has 2 aliphatic rings. The Hall–Kier alpha value is -1.96. The van der Waals surface area contributed by atoms with Crippen LogP contribution in [0.5, 0.6) is 0 Å². The number of carbonyl (C=O) groups excluding carboxylic acids is 1. The van der Waals surface area contributed by atoms with Gasteiger partial charge in [-0.25, -0.2) is 9.38 Å². The molecule has 1 saturated heterocycles. The quantitative estimate of drug-likeness (QED) is 0.685. The molecule has 4 nitrogen and oxygen atoms in total. The van der Waals surface area contributed by atoms with Gasteiger partial charge in [-0.3, -0.25) is 4.79 Å². The highest BCUT2D eigenvalue weighted by Gasteiger charge is 2.53. The largest absolute Gasteiger partial charge is 0.371 e. The summed E-state index contributed by atoms with van der Waals surface area (Å²) in [5, 5.41) is 3.34. The van der Waals surface area contributed by atoms with Gasteiger partial charge in [0.1, 0.15) is 11.4 Å². The maximum atomic E-state index is 14.8. The van der Waals surface area contributed by atoms with E-state index in [0.717, 1.165) is 4.47 Å². The predicted molar refractivity (Wildman–Crippen MR) is 113 cm³/mol. The van der Waals surface area contributed by atoms with E-state index in [0.29, 0.717) is 22.0 Å². The molecule has 3 atom stereocenters. The molecular weight excluding hydrogens is 443 g/mol. The summed E-state index contributed by atoms with van der Waals surface area (Å²) in [7, 11) is 0. The van der Waals surface area contributed by atoms with Gasteiger partial charge in [-0.15, -0.1) is 6.58 Å². The normalized spacial score (nSPS) is 26.3. The first kappa shape index (κ1) is 19.4. The molecule has 0 aromatic heterocycles. The summed E-state index contributed by atoms with van der Waals surface area (Å²) < 4.78 is 21.5. The lowest BCUT2D eigenvalue weighted by atomic mass is 9.79. The summed E-state index contributed by atoms with van der Waals surface area (Å²) in [5.41, 5.74) is 0.0994. The zero-order valence-corrected chi connectivity index (χ0v) is 17.3. The van der Waals surface area contributed by atoms with Gasteiger partial charge in [0, 0.05) is 27.3 Å². The maximum Gasteiger partial charge on any atom is 0.257 e. The van der Waals surface area contributed by atoms with Crippen molar-refractivity contribution in [3.63, 3.8) is 0 Å². The highest BCUT2D eigenvalue weighted by atomic mass is 79.9. The Morgan fingerprint density at radius 1 is 1.36 bits per heavy atom. The summed E-state index contributed by atoms with van der Waals surface area (Å²) in [4.78, 5) is 17.4. The van der Waals surface area contributed by atoms with Gasteiger partial charge >= 0.3 is 0 Å². The van der Waals surface area contributed by atoms with E-state index in [1.807, 2.05) is 6.07 Å². The van der Waals surface area contributed by atoms with Crippen LogP contribution in [0.3, 0.4) is 0 Å². The van der Waals surface area contributed by atoms with Crippen LogP contribution in [-0.2, 0) is 10.3 Å². The fourth-order valence-corrected chi connectivity index (χ4v) is 5.23. The number of fused-ring (bicyclic) bond motifs is 1. The molecule has 2 heterocycles. The highest BCUT2D eigenvalue weighted by Crippen LogP contribution is 2.49. The molecule has 28 heavy (non-hydrogen) atoms. The van der Waals surface area contributed by atoms with Gasteiger partial charge in [0.15, 0.2) is 5.17 Å². The first-order valence-corrected chi connectivity index (χ1v) is 10.6. The summed E-state index contributed by atoms with van der Waals surface area (Å²) in [5.74, 6) is -0.0206. The molecule has 0 spiro atoms. The van der Waals surface area contributed by atoms with Gasteiger partial charge in [0.2, 0.25) is 0 Å². The predicted octanol–water partition coefficient (Wildman–Crippen LogP) is 4.52. The number of thioether (sulfide) groups is 1. The van der Waals surface area contributed by atoms with Crippen LogP contribution in [0.4, 0.5) is 4.39 Å². The fraction of sp³-hybridized carbons (Fsp3) is 0.238. The monoisotopic (exact) mass is 460 g/mol. The van der Waals surface area contributed by atoms with Crippen LogP contribution in [0.15, 0.2) is 70.7 Å². The third-order valence-corrected chi connectivity index (χ3v) is 6.58. The second-order valence-corrected chi connectivity index (χ2v) is 8.64. The zero-order chi connectivity index (χ0) is 19.7. The Balaban J connectivity index is 1.73. The molecule has 1 fully saturated rings. The van der Waals surface area contributed by atoms with Crippen molar-refractivity contribution in [3.8, 4) is 0 Å². The minimum absolute atomic E-state index is 0.0730. The standard InChI is InChI=1S/C21H18BrFN2O2S/c1-2-18-16-11-28-20(24-19(26)13-6-4-3-5-7-13)25-21(16,12-27-18)15-10-14(22)8-9-17(15)23/h2-10,16,18H,1,11-12H2,(H,24,25,26)/t16-,18+,21-/m1/s1.